The Kier molecular flexibility index (Phi) is 4.13. The molecule has 0 spiro atoms. The quantitative estimate of drug-likeness (QED) is 0.749. The molecule has 7 nitrogen and oxygen atoms in total. The van der Waals surface area contributed by atoms with Crippen LogP contribution in [-0.4, -0.2) is 21.4 Å². The molecule has 1 aromatic carbocycles. The molecule has 3 N–H and O–H groups in total. The number of hydrogen-bond acceptors (Lipinski definition) is 5. The lowest BCUT2D eigenvalue weighted by Crippen LogP contribution is -2.27. The maximum absolute atomic E-state index is 12.6. The van der Waals surface area contributed by atoms with Crippen LogP contribution in [0.2, 0.25) is 0 Å². The third-order valence-corrected chi connectivity index (χ3v) is 4.73. The van der Waals surface area contributed by atoms with Gasteiger partial charge in [-0.05, 0) is 24.6 Å². The smallest absolute Gasteiger partial charge is 0.262 e. The SMILES string of the molecule is Cc1c(C(N)=O)sc2ncn(CC(=O)Nc3ccccc3)c(=O)c12. The summed E-state index contributed by atoms with van der Waals surface area (Å²) in [6.45, 7) is 1.48. The third kappa shape index (κ3) is 2.91. The highest BCUT2D eigenvalue weighted by Crippen LogP contribution is 2.26. The number of benzene rings is 1. The van der Waals surface area contributed by atoms with Gasteiger partial charge in [-0.1, -0.05) is 18.2 Å². The van der Waals surface area contributed by atoms with Crippen LogP contribution < -0.4 is 16.6 Å². The fourth-order valence-corrected chi connectivity index (χ4v) is 3.37. The maximum atomic E-state index is 12.6. The van der Waals surface area contributed by atoms with E-state index >= 15 is 0 Å². The molecule has 3 rings (SSSR count). The van der Waals surface area contributed by atoms with Gasteiger partial charge in [0.25, 0.3) is 11.5 Å². The predicted octanol–water partition coefficient (Wildman–Crippen LogP) is 1.50. The topological polar surface area (TPSA) is 107 Å². The lowest BCUT2D eigenvalue weighted by Gasteiger charge is -2.07. The number of anilines is 1. The number of rotatable bonds is 4. The summed E-state index contributed by atoms with van der Waals surface area (Å²) >= 11 is 1.08. The first-order valence-electron chi connectivity index (χ1n) is 7.10. The summed E-state index contributed by atoms with van der Waals surface area (Å²) in [6, 6.07) is 8.95. The van der Waals surface area contributed by atoms with Gasteiger partial charge in [0.15, 0.2) is 0 Å². The Hall–Kier alpha value is -3.00. The van der Waals surface area contributed by atoms with Gasteiger partial charge in [0, 0.05) is 5.69 Å². The van der Waals surface area contributed by atoms with Crippen LogP contribution in [0.1, 0.15) is 15.2 Å². The van der Waals surface area contributed by atoms with Gasteiger partial charge in [-0.3, -0.25) is 19.0 Å². The van der Waals surface area contributed by atoms with Gasteiger partial charge in [-0.15, -0.1) is 11.3 Å². The Labute approximate surface area is 140 Å². The van der Waals surface area contributed by atoms with E-state index in [-0.39, 0.29) is 18.0 Å². The molecule has 0 radical (unpaired) electrons. The number of aryl methyl sites for hydroxylation is 1. The number of nitrogens with two attached hydrogens (primary N) is 1. The van der Waals surface area contributed by atoms with Crippen LogP contribution in [0.5, 0.6) is 0 Å². The summed E-state index contributed by atoms with van der Waals surface area (Å²) in [7, 11) is 0. The minimum Gasteiger partial charge on any atom is -0.365 e. The molecule has 0 unspecified atom stereocenters. The second-order valence-corrected chi connectivity index (χ2v) is 6.19. The van der Waals surface area contributed by atoms with E-state index in [0.29, 0.717) is 26.3 Å². The molecule has 0 saturated carbocycles. The van der Waals surface area contributed by atoms with Crippen LogP contribution in [0.25, 0.3) is 10.2 Å². The minimum absolute atomic E-state index is 0.169. The maximum Gasteiger partial charge on any atom is 0.262 e. The van der Waals surface area contributed by atoms with Gasteiger partial charge in [0.2, 0.25) is 5.91 Å². The number of amides is 2. The van der Waals surface area contributed by atoms with E-state index in [4.69, 9.17) is 5.73 Å². The summed E-state index contributed by atoms with van der Waals surface area (Å²) in [4.78, 5) is 41.0. The third-order valence-electron chi connectivity index (χ3n) is 3.51. The zero-order chi connectivity index (χ0) is 17.3. The molecular weight excluding hydrogens is 328 g/mol. The molecule has 0 bridgehead atoms. The predicted molar refractivity (Wildman–Crippen MR) is 92.2 cm³/mol. The summed E-state index contributed by atoms with van der Waals surface area (Å²) < 4.78 is 1.21. The lowest BCUT2D eigenvalue weighted by atomic mass is 10.2. The Morgan fingerprint density at radius 3 is 2.67 bits per heavy atom. The molecule has 0 aliphatic rings. The molecular formula is C16H14N4O3S. The first-order valence-corrected chi connectivity index (χ1v) is 7.92. The van der Waals surface area contributed by atoms with Crippen molar-refractivity contribution >= 4 is 39.1 Å². The van der Waals surface area contributed by atoms with E-state index in [2.05, 4.69) is 10.3 Å². The van der Waals surface area contributed by atoms with Crippen molar-refractivity contribution in [3.8, 4) is 0 Å². The van der Waals surface area contributed by atoms with Gasteiger partial charge >= 0.3 is 0 Å². The van der Waals surface area contributed by atoms with Gasteiger partial charge < -0.3 is 11.1 Å². The molecule has 2 amide bonds. The summed E-state index contributed by atoms with van der Waals surface area (Å²) in [5.41, 5.74) is 6.08. The monoisotopic (exact) mass is 342 g/mol. The molecule has 2 aromatic heterocycles. The van der Waals surface area contributed by atoms with Crippen molar-refractivity contribution in [2.45, 2.75) is 13.5 Å². The standard InChI is InChI=1S/C16H14N4O3S/c1-9-12-15(24-13(9)14(17)22)18-8-20(16(12)23)7-11(21)19-10-5-3-2-4-6-10/h2-6,8H,7H2,1H3,(H2,17,22)(H,19,21). The zero-order valence-electron chi connectivity index (χ0n) is 12.8. The Bertz CT molecular complexity index is 992. The number of aromatic nitrogens is 2. The number of carbonyl (C=O) groups is 2. The van der Waals surface area contributed by atoms with E-state index in [9.17, 15) is 14.4 Å². The molecule has 8 heteroatoms. The van der Waals surface area contributed by atoms with Gasteiger partial charge in [-0.25, -0.2) is 4.98 Å². The Morgan fingerprint density at radius 2 is 2.00 bits per heavy atom. The number of hydrogen-bond donors (Lipinski definition) is 2. The fourth-order valence-electron chi connectivity index (χ4n) is 2.38. The first-order chi connectivity index (χ1) is 11.5. The second-order valence-electron chi connectivity index (χ2n) is 5.19. The molecule has 0 aliphatic heterocycles. The molecule has 0 aliphatic carbocycles. The van der Waals surface area contributed by atoms with E-state index < -0.39 is 5.91 Å². The largest absolute Gasteiger partial charge is 0.365 e. The molecule has 2 heterocycles. The molecule has 0 fully saturated rings. The zero-order valence-corrected chi connectivity index (χ0v) is 13.6. The lowest BCUT2D eigenvalue weighted by molar-refractivity contribution is -0.116. The average Bonchev–Trinajstić information content (AvgIpc) is 2.89. The van der Waals surface area contributed by atoms with Crippen LogP contribution in [0, 0.1) is 6.92 Å². The number of primary amides is 1. The number of nitrogens with zero attached hydrogens (tertiary/aromatic N) is 2. The highest BCUT2D eigenvalue weighted by atomic mass is 32.1. The normalized spacial score (nSPS) is 10.7. The molecule has 122 valence electrons. The fraction of sp³-hybridized carbons (Fsp3) is 0.125. The van der Waals surface area contributed by atoms with Crippen molar-refractivity contribution in [1.82, 2.24) is 9.55 Å². The number of fused-ring (bicyclic) bond motifs is 1. The van der Waals surface area contributed by atoms with Gasteiger partial charge in [-0.2, -0.15) is 0 Å². The summed E-state index contributed by atoms with van der Waals surface area (Å²) in [5.74, 6) is -0.935. The summed E-state index contributed by atoms with van der Waals surface area (Å²) in [6.07, 6.45) is 1.30. The van der Waals surface area contributed by atoms with E-state index in [1.165, 1.54) is 10.9 Å². The van der Waals surface area contributed by atoms with Crippen molar-refractivity contribution in [3.63, 3.8) is 0 Å². The van der Waals surface area contributed by atoms with Crippen LogP contribution in [0.4, 0.5) is 5.69 Å². The van der Waals surface area contributed by atoms with Crippen molar-refractivity contribution in [2.24, 2.45) is 5.73 Å². The molecule has 0 atom stereocenters. The van der Waals surface area contributed by atoms with Gasteiger partial charge in [0.1, 0.15) is 11.4 Å². The number of para-hydroxylation sites is 1. The Morgan fingerprint density at radius 1 is 1.29 bits per heavy atom. The Balaban J connectivity index is 1.92. The van der Waals surface area contributed by atoms with Crippen LogP contribution in [-0.2, 0) is 11.3 Å². The second kappa shape index (κ2) is 6.25. The van der Waals surface area contributed by atoms with Crippen molar-refractivity contribution in [1.29, 1.82) is 0 Å². The van der Waals surface area contributed by atoms with Crippen LogP contribution >= 0.6 is 11.3 Å². The summed E-state index contributed by atoms with van der Waals surface area (Å²) in [5, 5.41) is 3.03. The van der Waals surface area contributed by atoms with Crippen molar-refractivity contribution < 1.29 is 9.59 Å². The van der Waals surface area contributed by atoms with E-state index in [1.54, 1.807) is 31.2 Å². The first kappa shape index (κ1) is 15.9. The average molecular weight is 342 g/mol. The molecule has 24 heavy (non-hydrogen) atoms. The minimum atomic E-state index is -0.594. The van der Waals surface area contributed by atoms with Crippen LogP contribution in [0.15, 0.2) is 41.5 Å². The van der Waals surface area contributed by atoms with Crippen molar-refractivity contribution in [2.75, 3.05) is 5.32 Å². The highest BCUT2D eigenvalue weighted by molar-refractivity contribution is 7.20. The van der Waals surface area contributed by atoms with Crippen molar-refractivity contribution in [3.05, 3.63) is 57.5 Å². The number of thiophene rings is 1. The van der Waals surface area contributed by atoms with Gasteiger partial charge in [0.05, 0.1) is 16.6 Å². The van der Waals surface area contributed by atoms with E-state index in [0.717, 1.165) is 11.3 Å². The molecule has 3 aromatic rings. The highest BCUT2D eigenvalue weighted by Gasteiger charge is 2.18. The van der Waals surface area contributed by atoms with E-state index in [1.807, 2.05) is 6.07 Å². The number of carbonyl (C=O) groups excluding carboxylic acids is 2. The molecule has 0 saturated heterocycles. The van der Waals surface area contributed by atoms with Crippen LogP contribution in [0.3, 0.4) is 0 Å². The number of nitrogens with one attached hydrogen (secondary N) is 1.